The van der Waals surface area contributed by atoms with Crippen molar-refractivity contribution >= 4 is 11.6 Å². The van der Waals surface area contributed by atoms with E-state index in [2.05, 4.69) is 35.8 Å². The molecule has 6 nitrogen and oxygen atoms in total. The molecule has 0 radical (unpaired) electrons. The molecule has 3 heterocycles. The van der Waals surface area contributed by atoms with Crippen LogP contribution in [0.15, 0.2) is 24.8 Å². The van der Waals surface area contributed by atoms with Crippen LogP contribution in [-0.4, -0.2) is 45.1 Å². The van der Waals surface area contributed by atoms with Crippen molar-refractivity contribution in [2.24, 2.45) is 0 Å². The van der Waals surface area contributed by atoms with Crippen LogP contribution in [0.1, 0.15) is 37.1 Å². The summed E-state index contributed by atoms with van der Waals surface area (Å²) in [6.07, 6.45) is 10.1. The van der Waals surface area contributed by atoms with E-state index in [1.165, 1.54) is 12.8 Å². The predicted octanol–water partition coefficient (Wildman–Crippen LogP) is 2.52. The van der Waals surface area contributed by atoms with E-state index >= 15 is 0 Å². The molecule has 2 aromatic heterocycles. The van der Waals surface area contributed by atoms with Gasteiger partial charge in [0.05, 0.1) is 5.69 Å². The van der Waals surface area contributed by atoms with Crippen molar-refractivity contribution in [3.63, 3.8) is 0 Å². The fraction of sp³-hybridized carbons (Fsp3) is 0.556. The smallest absolute Gasteiger partial charge is 0.150 e. The molecule has 126 valence electrons. The minimum atomic E-state index is 0.556. The van der Waals surface area contributed by atoms with Gasteiger partial charge in [-0.25, -0.2) is 15.0 Å². The lowest BCUT2D eigenvalue weighted by Gasteiger charge is -2.40. The Morgan fingerprint density at radius 3 is 2.29 bits per heavy atom. The van der Waals surface area contributed by atoms with E-state index in [0.29, 0.717) is 12.1 Å². The van der Waals surface area contributed by atoms with E-state index < -0.39 is 0 Å². The summed E-state index contributed by atoms with van der Waals surface area (Å²) in [5.74, 6) is 2.13. The van der Waals surface area contributed by atoms with Gasteiger partial charge in [0.1, 0.15) is 18.0 Å². The van der Waals surface area contributed by atoms with Gasteiger partial charge in [0.25, 0.3) is 0 Å². The average Bonchev–Trinajstić information content (AvgIpc) is 3.41. The summed E-state index contributed by atoms with van der Waals surface area (Å²) in [5, 5.41) is 0. The Morgan fingerprint density at radius 2 is 1.62 bits per heavy atom. The quantitative estimate of drug-likeness (QED) is 0.861. The standard InChI is InChI=1S/C18H24N6/c1-13-11-17(22-12-21-13)24(15-3-4-15)16-5-9-23(10-6-16)18-14(2)19-7-8-20-18/h7-8,11-12,15-16H,3-6,9-10H2,1-2H3. The number of hydrogen-bond donors (Lipinski definition) is 0. The Hall–Kier alpha value is -2.24. The highest BCUT2D eigenvalue weighted by atomic mass is 15.3. The summed E-state index contributed by atoms with van der Waals surface area (Å²) in [7, 11) is 0. The third-order valence-corrected chi connectivity index (χ3v) is 5.01. The van der Waals surface area contributed by atoms with Crippen molar-refractivity contribution < 1.29 is 0 Å². The molecular weight excluding hydrogens is 300 g/mol. The Kier molecular flexibility index (Phi) is 4.04. The van der Waals surface area contributed by atoms with Crippen molar-refractivity contribution in [3.8, 4) is 0 Å². The largest absolute Gasteiger partial charge is 0.355 e. The molecule has 2 fully saturated rings. The van der Waals surface area contributed by atoms with Crippen LogP contribution in [0.25, 0.3) is 0 Å². The molecular formula is C18H24N6. The van der Waals surface area contributed by atoms with Gasteiger partial charge in [-0.2, -0.15) is 0 Å². The number of nitrogens with zero attached hydrogens (tertiary/aromatic N) is 6. The van der Waals surface area contributed by atoms with Gasteiger partial charge in [0.2, 0.25) is 0 Å². The van der Waals surface area contributed by atoms with Crippen LogP contribution >= 0.6 is 0 Å². The van der Waals surface area contributed by atoms with Gasteiger partial charge in [-0.15, -0.1) is 0 Å². The highest BCUT2D eigenvalue weighted by molar-refractivity contribution is 5.46. The van der Waals surface area contributed by atoms with Gasteiger partial charge in [0.15, 0.2) is 0 Å². The normalized spacial score (nSPS) is 18.7. The zero-order valence-electron chi connectivity index (χ0n) is 14.4. The molecule has 4 rings (SSSR count). The van der Waals surface area contributed by atoms with Crippen molar-refractivity contribution in [3.05, 3.63) is 36.2 Å². The van der Waals surface area contributed by atoms with Crippen molar-refractivity contribution in [1.82, 2.24) is 19.9 Å². The lowest BCUT2D eigenvalue weighted by Crippen LogP contribution is -2.47. The third kappa shape index (κ3) is 3.05. The van der Waals surface area contributed by atoms with Gasteiger partial charge in [-0.3, -0.25) is 4.98 Å². The minimum absolute atomic E-state index is 0.556. The molecule has 0 N–H and O–H groups in total. The van der Waals surface area contributed by atoms with Crippen LogP contribution in [0.3, 0.4) is 0 Å². The van der Waals surface area contributed by atoms with Gasteiger partial charge in [-0.1, -0.05) is 0 Å². The van der Waals surface area contributed by atoms with Crippen LogP contribution in [0, 0.1) is 13.8 Å². The molecule has 1 saturated heterocycles. The van der Waals surface area contributed by atoms with Crippen molar-refractivity contribution in [2.75, 3.05) is 22.9 Å². The average molecular weight is 324 g/mol. The first kappa shape index (κ1) is 15.3. The van der Waals surface area contributed by atoms with E-state index in [-0.39, 0.29) is 0 Å². The third-order valence-electron chi connectivity index (χ3n) is 5.01. The van der Waals surface area contributed by atoms with Crippen molar-refractivity contribution in [2.45, 2.75) is 51.6 Å². The molecule has 2 aliphatic rings. The zero-order valence-corrected chi connectivity index (χ0v) is 14.4. The molecule has 1 aliphatic heterocycles. The second kappa shape index (κ2) is 6.34. The van der Waals surface area contributed by atoms with Crippen LogP contribution in [0.4, 0.5) is 11.6 Å². The minimum Gasteiger partial charge on any atom is -0.355 e. The topological polar surface area (TPSA) is 58.0 Å². The maximum absolute atomic E-state index is 4.55. The summed E-state index contributed by atoms with van der Waals surface area (Å²) < 4.78 is 0. The van der Waals surface area contributed by atoms with E-state index in [1.807, 2.05) is 13.8 Å². The van der Waals surface area contributed by atoms with Crippen LogP contribution in [0.5, 0.6) is 0 Å². The van der Waals surface area contributed by atoms with E-state index in [1.54, 1.807) is 18.7 Å². The van der Waals surface area contributed by atoms with Crippen LogP contribution in [-0.2, 0) is 0 Å². The predicted molar refractivity (Wildman–Crippen MR) is 94.3 cm³/mol. The Bertz CT molecular complexity index is 706. The van der Waals surface area contributed by atoms with Gasteiger partial charge in [0, 0.05) is 49.3 Å². The van der Waals surface area contributed by atoms with Crippen molar-refractivity contribution in [1.29, 1.82) is 0 Å². The maximum Gasteiger partial charge on any atom is 0.150 e. The number of piperidine rings is 1. The molecule has 6 heteroatoms. The first-order valence-corrected chi connectivity index (χ1v) is 8.82. The number of hydrogen-bond acceptors (Lipinski definition) is 6. The van der Waals surface area contributed by atoms with Gasteiger partial charge in [-0.05, 0) is 39.5 Å². The first-order valence-electron chi connectivity index (χ1n) is 8.82. The van der Waals surface area contributed by atoms with Gasteiger partial charge >= 0.3 is 0 Å². The maximum atomic E-state index is 4.55. The molecule has 1 saturated carbocycles. The van der Waals surface area contributed by atoms with Crippen LogP contribution < -0.4 is 9.80 Å². The molecule has 1 aliphatic carbocycles. The second-order valence-corrected chi connectivity index (χ2v) is 6.84. The number of aromatic nitrogens is 4. The monoisotopic (exact) mass is 324 g/mol. The Labute approximate surface area is 143 Å². The molecule has 2 aromatic rings. The second-order valence-electron chi connectivity index (χ2n) is 6.84. The lowest BCUT2D eigenvalue weighted by molar-refractivity contribution is 0.456. The Balaban J connectivity index is 1.49. The number of rotatable bonds is 4. The number of aryl methyl sites for hydroxylation is 2. The summed E-state index contributed by atoms with van der Waals surface area (Å²) in [6, 6.07) is 3.34. The highest BCUT2D eigenvalue weighted by Crippen LogP contribution is 2.35. The molecule has 0 bridgehead atoms. The lowest BCUT2D eigenvalue weighted by atomic mass is 10.0. The molecule has 0 amide bonds. The first-order chi connectivity index (χ1) is 11.7. The number of anilines is 2. The summed E-state index contributed by atoms with van der Waals surface area (Å²) in [4.78, 5) is 22.6. The van der Waals surface area contributed by atoms with Crippen LogP contribution in [0.2, 0.25) is 0 Å². The molecule has 0 spiro atoms. The summed E-state index contributed by atoms with van der Waals surface area (Å²) in [5.41, 5.74) is 2.06. The fourth-order valence-corrected chi connectivity index (χ4v) is 3.67. The molecule has 24 heavy (non-hydrogen) atoms. The Morgan fingerprint density at radius 1 is 0.917 bits per heavy atom. The summed E-state index contributed by atoms with van der Waals surface area (Å²) in [6.45, 7) is 6.12. The SMILES string of the molecule is Cc1cc(N(C2CC2)C2CCN(c3nccnc3C)CC2)ncn1. The van der Waals surface area contributed by atoms with Gasteiger partial charge < -0.3 is 9.80 Å². The molecule has 0 atom stereocenters. The molecule has 0 aromatic carbocycles. The zero-order chi connectivity index (χ0) is 16.5. The van der Waals surface area contributed by atoms with E-state index in [4.69, 9.17) is 0 Å². The fourth-order valence-electron chi connectivity index (χ4n) is 3.67. The molecule has 0 unspecified atom stereocenters. The van der Waals surface area contributed by atoms with E-state index in [9.17, 15) is 0 Å². The van der Waals surface area contributed by atoms with E-state index in [0.717, 1.165) is 49.0 Å². The highest BCUT2D eigenvalue weighted by Gasteiger charge is 2.36. The summed E-state index contributed by atoms with van der Waals surface area (Å²) >= 11 is 0.